The van der Waals surface area contributed by atoms with E-state index < -0.39 is 17.7 Å². The molecule has 164 valence electrons. The molecule has 0 radical (unpaired) electrons. The average molecular weight is 451 g/mol. The van der Waals surface area contributed by atoms with Crippen molar-refractivity contribution in [2.75, 3.05) is 18.6 Å². The Labute approximate surface area is 189 Å². The molecule has 1 fully saturated rings. The van der Waals surface area contributed by atoms with E-state index in [9.17, 15) is 14.7 Å². The van der Waals surface area contributed by atoms with Crippen LogP contribution in [-0.4, -0.2) is 35.5 Å². The standard InChI is InChI=1S/C24H22N2O5S/c1-3-12-31-18-6-4-5-16(14-18)20-19(21(27)15-7-9-17(30-2)10-8-15)22(28)23(29)26(20)24-25-11-13-32-24/h4-11,13-14,20,27H,3,12H2,1-2H3/b21-19+. The lowest BCUT2D eigenvalue weighted by Gasteiger charge is -2.23. The van der Waals surface area contributed by atoms with E-state index in [1.165, 1.54) is 16.2 Å². The third-order valence-corrected chi connectivity index (χ3v) is 5.85. The summed E-state index contributed by atoms with van der Waals surface area (Å²) in [5, 5.41) is 13.2. The van der Waals surface area contributed by atoms with E-state index in [2.05, 4.69) is 4.98 Å². The van der Waals surface area contributed by atoms with E-state index >= 15 is 0 Å². The van der Waals surface area contributed by atoms with Crippen LogP contribution in [0.3, 0.4) is 0 Å². The highest BCUT2D eigenvalue weighted by Gasteiger charge is 2.48. The summed E-state index contributed by atoms with van der Waals surface area (Å²) in [5.74, 6) is -0.520. The number of aliphatic hydroxyl groups is 1. The number of rotatable bonds is 7. The van der Waals surface area contributed by atoms with Gasteiger partial charge in [-0.05, 0) is 48.4 Å². The van der Waals surface area contributed by atoms with Crippen molar-refractivity contribution in [1.82, 2.24) is 4.98 Å². The number of amides is 1. The maximum absolute atomic E-state index is 13.1. The Morgan fingerprint density at radius 1 is 1.16 bits per heavy atom. The second-order valence-electron chi connectivity index (χ2n) is 7.13. The number of thiazole rings is 1. The minimum Gasteiger partial charge on any atom is -0.507 e. The minimum atomic E-state index is -0.839. The summed E-state index contributed by atoms with van der Waals surface area (Å²) in [6.45, 7) is 2.55. The van der Waals surface area contributed by atoms with Crippen molar-refractivity contribution in [3.63, 3.8) is 0 Å². The SMILES string of the molecule is CCCOc1cccc(C2/C(=C(\O)c3ccc(OC)cc3)C(=O)C(=O)N2c2nccs2)c1. The predicted molar refractivity (Wildman–Crippen MR) is 122 cm³/mol. The first-order chi connectivity index (χ1) is 15.5. The van der Waals surface area contributed by atoms with Gasteiger partial charge in [0.2, 0.25) is 0 Å². The van der Waals surface area contributed by atoms with Gasteiger partial charge in [-0.15, -0.1) is 11.3 Å². The number of ketones is 1. The van der Waals surface area contributed by atoms with Gasteiger partial charge in [0, 0.05) is 17.1 Å². The summed E-state index contributed by atoms with van der Waals surface area (Å²) in [4.78, 5) is 31.7. The van der Waals surface area contributed by atoms with Gasteiger partial charge in [0.15, 0.2) is 5.13 Å². The number of methoxy groups -OCH3 is 1. The number of Topliss-reactive ketones (excluding diaryl/α,β-unsaturated/α-hetero) is 1. The molecule has 3 aromatic rings. The zero-order valence-corrected chi connectivity index (χ0v) is 18.5. The zero-order chi connectivity index (χ0) is 22.7. The van der Waals surface area contributed by atoms with Crippen LogP contribution >= 0.6 is 11.3 Å². The number of ether oxygens (including phenoxy) is 2. The van der Waals surface area contributed by atoms with E-state index in [1.807, 2.05) is 13.0 Å². The van der Waals surface area contributed by atoms with Crippen molar-refractivity contribution in [3.05, 3.63) is 76.8 Å². The number of carbonyl (C=O) groups is 2. The zero-order valence-electron chi connectivity index (χ0n) is 17.6. The first-order valence-corrected chi connectivity index (χ1v) is 11.0. The second-order valence-corrected chi connectivity index (χ2v) is 8.01. The van der Waals surface area contributed by atoms with Gasteiger partial charge in [0.05, 0.1) is 25.3 Å². The van der Waals surface area contributed by atoms with Crippen LogP contribution < -0.4 is 14.4 Å². The van der Waals surface area contributed by atoms with E-state index in [-0.39, 0.29) is 11.3 Å². The fourth-order valence-corrected chi connectivity index (χ4v) is 4.25. The van der Waals surface area contributed by atoms with Crippen LogP contribution in [0.25, 0.3) is 5.76 Å². The van der Waals surface area contributed by atoms with E-state index in [4.69, 9.17) is 9.47 Å². The summed E-state index contributed by atoms with van der Waals surface area (Å²) < 4.78 is 10.9. The van der Waals surface area contributed by atoms with Crippen molar-refractivity contribution in [3.8, 4) is 11.5 Å². The molecule has 1 amide bonds. The number of hydrogen-bond acceptors (Lipinski definition) is 7. The number of nitrogens with zero attached hydrogens (tertiary/aromatic N) is 2. The van der Waals surface area contributed by atoms with Gasteiger partial charge in [-0.25, -0.2) is 4.98 Å². The molecule has 2 aromatic carbocycles. The van der Waals surface area contributed by atoms with Crippen LogP contribution in [0.5, 0.6) is 11.5 Å². The molecule has 1 atom stereocenters. The summed E-state index contributed by atoms with van der Waals surface area (Å²) in [5.41, 5.74) is 1.05. The molecular weight excluding hydrogens is 428 g/mol. The molecule has 1 aromatic heterocycles. The molecule has 1 saturated heterocycles. The third kappa shape index (κ3) is 3.97. The first-order valence-electron chi connectivity index (χ1n) is 10.1. The normalized spacial score (nSPS) is 17.6. The molecule has 4 rings (SSSR count). The van der Waals surface area contributed by atoms with E-state index in [0.29, 0.717) is 34.4 Å². The number of aromatic nitrogens is 1. The second kappa shape index (κ2) is 9.23. The van der Waals surface area contributed by atoms with Gasteiger partial charge >= 0.3 is 5.91 Å². The smallest absolute Gasteiger partial charge is 0.301 e. The summed E-state index contributed by atoms with van der Waals surface area (Å²) in [6.07, 6.45) is 2.42. The van der Waals surface area contributed by atoms with Gasteiger partial charge in [-0.3, -0.25) is 14.5 Å². The molecule has 1 N–H and O–H groups in total. The van der Waals surface area contributed by atoms with Crippen LogP contribution in [0.15, 0.2) is 65.7 Å². The number of carbonyl (C=O) groups excluding carboxylic acids is 2. The number of benzene rings is 2. The number of hydrogen-bond donors (Lipinski definition) is 1. The van der Waals surface area contributed by atoms with Gasteiger partial charge in [0.25, 0.3) is 5.78 Å². The lowest BCUT2D eigenvalue weighted by atomic mass is 9.95. The lowest BCUT2D eigenvalue weighted by Crippen LogP contribution is -2.29. The molecule has 7 nitrogen and oxygen atoms in total. The summed E-state index contributed by atoms with van der Waals surface area (Å²) >= 11 is 1.25. The van der Waals surface area contributed by atoms with Crippen molar-refractivity contribution < 1.29 is 24.2 Å². The number of anilines is 1. The van der Waals surface area contributed by atoms with Crippen LogP contribution in [0.2, 0.25) is 0 Å². The maximum Gasteiger partial charge on any atom is 0.301 e. The lowest BCUT2D eigenvalue weighted by molar-refractivity contribution is -0.132. The monoisotopic (exact) mass is 450 g/mol. The molecule has 1 unspecified atom stereocenters. The average Bonchev–Trinajstić information content (AvgIpc) is 3.44. The molecule has 8 heteroatoms. The van der Waals surface area contributed by atoms with Gasteiger partial charge in [-0.2, -0.15) is 0 Å². The van der Waals surface area contributed by atoms with Gasteiger partial charge < -0.3 is 14.6 Å². The van der Waals surface area contributed by atoms with Crippen LogP contribution in [0, 0.1) is 0 Å². The molecule has 0 aliphatic carbocycles. The van der Waals surface area contributed by atoms with E-state index in [0.717, 1.165) is 6.42 Å². The molecule has 1 aliphatic rings. The summed E-state index contributed by atoms with van der Waals surface area (Å²) in [7, 11) is 1.54. The Kier molecular flexibility index (Phi) is 6.23. The third-order valence-electron chi connectivity index (χ3n) is 5.08. The van der Waals surface area contributed by atoms with Crippen LogP contribution in [0.1, 0.15) is 30.5 Å². The first kappa shape index (κ1) is 21.6. The molecule has 0 bridgehead atoms. The molecule has 32 heavy (non-hydrogen) atoms. The predicted octanol–water partition coefficient (Wildman–Crippen LogP) is 4.57. The van der Waals surface area contributed by atoms with Gasteiger partial charge in [-0.1, -0.05) is 19.1 Å². The summed E-state index contributed by atoms with van der Waals surface area (Å²) in [6, 6.07) is 13.0. The van der Waals surface area contributed by atoms with Crippen molar-refractivity contribution in [2.45, 2.75) is 19.4 Å². The van der Waals surface area contributed by atoms with Crippen LogP contribution in [0.4, 0.5) is 5.13 Å². The Bertz CT molecular complexity index is 1160. The maximum atomic E-state index is 13.1. The highest BCUT2D eigenvalue weighted by atomic mass is 32.1. The topological polar surface area (TPSA) is 89.0 Å². The Morgan fingerprint density at radius 2 is 1.94 bits per heavy atom. The molecule has 0 saturated carbocycles. The van der Waals surface area contributed by atoms with E-state index in [1.54, 1.807) is 61.2 Å². The Balaban J connectivity index is 1.87. The molecule has 1 aliphatic heterocycles. The quantitative estimate of drug-likeness (QED) is 0.322. The minimum absolute atomic E-state index is 0.00279. The highest BCUT2D eigenvalue weighted by Crippen LogP contribution is 2.43. The van der Waals surface area contributed by atoms with Crippen LogP contribution in [-0.2, 0) is 9.59 Å². The van der Waals surface area contributed by atoms with Crippen molar-refractivity contribution in [1.29, 1.82) is 0 Å². The molecular formula is C24H22N2O5S. The number of aliphatic hydroxyl groups excluding tert-OH is 1. The van der Waals surface area contributed by atoms with Crippen molar-refractivity contribution >= 4 is 33.9 Å². The largest absolute Gasteiger partial charge is 0.507 e. The fraction of sp³-hybridized carbons (Fsp3) is 0.208. The highest BCUT2D eigenvalue weighted by molar-refractivity contribution is 7.14. The van der Waals surface area contributed by atoms with Gasteiger partial charge in [0.1, 0.15) is 17.3 Å². The van der Waals surface area contributed by atoms with Crippen molar-refractivity contribution in [2.24, 2.45) is 0 Å². The molecule has 0 spiro atoms. The Morgan fingerprint density at radius 3 is 2.59 bits per heavy atom. The Hall–Kier alpha value is -3.65. The molecule has 2 heterocycles. The fourth-order valence-electron chi connectivity index (χ4n) is 3.58.